The quantitative estimate of drug-likeness (QED) is 0.691. The molecule has 3 heteroatoms. The molecule has 0 unspecified atom stereocenters. The molecule has 0 radical (unpaired) electrons. The molecular weight excluding hydrogens is 336 g/mol. The van der Waals surface area contributed by atoms with Crippen LogP contribution in [0.15, 0.2) is 11.1 Å². The van der Waals surface area contributed by atoms with Gasteiger partial charge in [-0.1, -0.05) is 45.8 Å². The third-order valence-corrected chi connectivity index (χ3v) is 10.3. The molecule has 0 aromatic heterocycles. The van der Waals surface area contributed by atoms with Crippen LogP contribution in [0, 0.1) is 33.5 Å². The van der Waals surface area contributed by atoms with Gasteiger partial charge in [0, 0.05) is 5.92 Å². The first-order chi connectivity index (χ1) is 12.5. The predicted molar refractivity (Wildman–Crippen MR) is 107 cm³/mol. The maximum absolute atomic E-state index is 12.5. The molecule has 2 fully saturated rings. The maximum Gasteiger partial charge on any atom is 0.161 e. The van der Waals surface area contributed by atoms with Gasteiger partial charge in [0.05, 0.1) is 6.10 Å². The molecule has 2 N–H and O–H groups in total. The zero-order valence-electron chi connectivity index (χ0n) is 17.9. The normalized spacial score (nSPS) is 48.6. The van der Waals surface area contributed by atoms with Crippen molar-refractivity contribution in [2.24, 2.45) is 33.5 Å². The molecule has 0 heterocycles. The van der Waals surface area contributed by atoms with Crippen LogP contribution in [0.2, 0.25) is 0 Å². The topological polar surface area (TPSA) is 57.5 Å². The average Bonchev–Trinajstić information content (AvgIpc) is 2.90. The van der Waals surface area contributed by atoms with E-state index < -0.39 is 0 Å². The smallest absolute Gasteiger partial charge is 0.161 e. The second-order valence-electron chi connectivity index (χ2n) is 11.3. The number of allylic oxidation sites excluding steroid dienone is 2. The Morgan fingerprint density at radius 1 is 0.963 bits per heavy atom. The molecule has 0 spiro atoms. The van der Waals surface area contributed by atoms with E-state index in [1.807, 2.05) is 0 Å². The summed E-state index contributed by atoms with van der Waals surface area (Å²) in [5.74, 6) is 0.598. The van der Waals surface area contributed by atoms with Gasteiger partial charge in [-0.15, -0.1) is 0 Å². The minimum atomic E-state index is -0.311. The average molecular weight is 375 g/mol. The highest BCUT2D eigenvalue weighted by Crippen LogP contribution is 2.71. The van der Waals surface area contributed by atoms with E-state index in [4.69, 9.17) is 0 Å². The zero-order valence-corrected chi connectivity index (χ0v) is 17.9. The van der Waals surface area contributed by atoms with Crippen LogP contribution in [0.5, 0.6) is 0 Å². The van der Waals surface area contributed by atoms with Crippen molar-refractivity contribution in [2.75, 3.05) is 6.61 Å². The number of carbonyl (C=O) groups excluding carboxylic acids is 1. The van der Waals surface area contributed by atoms with Gasteiger partial charge >= 0.3 is 0 Å². The van der Waals surface area contributed by atoms with Gasteiger partial charge in [0.15, 0.2) is 5.78 Å². The van der Waals surface area contributed by atoms with Crippen LogP contribution in [0.4, 0.5) is 0 Å². The number of hydrogen-bond donors (Lipinski definition) is 2. The highest BCUT2D eigenvalue weighted by Gasteiger charge is 2.63. The Balaban J connectivity index is 1.79. The lowest BCUT2D eigenvalue weighted by molar-refractivity contribution is -0.131. The monoisotopic (exact) mass is 374 g/mol. The summed E-state index contributed by atoms with van der Waals surface area (Å²) < 4.78 is 0. The van der Waals surface area contributed by atoms with Crippen LogP contribution in [0.3, 0.4) is 0 Å². The number of fused-ring (bicyclic) bond motifs is 4. The van der Waals surface area contributed by atoms with Crippen molar-refractivity contribution in [1.82, 2.24) is 0 Å². The summed E-state index contributed by atoms with van der Waals surface area (Å²) in [6, 6.07) is 0. The van der Waals surface area contributed by atoms with Gasteiger partial charge in [0.1, 0.15) is 6.61 Å². The van der Waals surface area contributed by atoms with Gasteiger partial charge in [-0.2, -0.15) is 0 Å². The SMILES string of the molecule is CC1(C)[C@@H](O)CC[C@]2(C)C3=C(CC[C@@H]12)[C@]1(C)CC[C@H](C(=O)CO)[C@@]1(C)CC3. The van der Waals surface area contributed by atoms with Gasteiger partial charge in [0.25, 0.3) is 0 Å². The van der Waals surface area contributed by atoms with E-state index in [-0.39, 0.29) is 46.1 Å². The van der Waals surface area contributed by atoms with E-state index in [0.717, 1.165) is 51.4 Å². The Morgan fingerprint density at radius 3 is 2.33 bits per heavy atom. The van der Waals surface area contributed by atoms with Gasteiger partial charge in [-0.25, -0.2) is 0 Å². The Bertz CT molecular complexity index is 692. The van der Waals surface area contributed by atoms with Crippen molar-refractivity contribution in [2.45, 2.75) is 92.1 Å². The van der Waals surface area contributed by atoms with Crippen molar-refractivity contribution in [1.29, 1.82) is 0 Å². The first-order valence-electron chi connectivity index (χ1n) is 11.1. The maximum atomic E-state index is 12.5. The lowest BCUT2D eigenvalue weighted by Gasteiger charge is -2.61. The third kappa shape index (κ3) is 2.31. The number of Topliss-reactive ketones (excluding diaryl/α,β-unsaturated/α-hetero) is 1. The Labute approximate surface area is 164 Å². The molecular formula is C24H38O3. The standard InChI is InChI=1S/C24H38O3/c1-21(2)19-7-6-16-15(22(19,3)11-10-20(21)27)8-12-24(5)17(18(26)14-25)9-13-23(16,24)4/h17,19-20,25,27H,6-14H2,1-5H3/t17-,19+,20+,22-,23+,24-/m1/s1. The fourth-order valence-corrected chi connectivity index (χ4v) is 8.30. The fourth-order valence-electron chi connectivity index (χ4n) is 8.30. The highest BCUT2D eigenvalue weighted by atomic mass is 16.3. The van der Waals surface area contributed by atoms with E-state index in [9.17, 15) is 15.0 Å². The Morgan fingerprint density at radius 2 is 1.67 bits per heavy atom. The van der Waals surface area contributed by atoms with Crippen LogP contribution in [0.1, 0.15) is 86.0 Å². The predicted octanol–water partition coefficient (Wildman–Crippen LogP) is 4.66. The molecule has 2 saturated carbocycles. The number of aliphatic hydroxyl groups is 2. The summed E-state index contributed by atoms with van der Waals surface area (Å²) in [7, 11) is 0. The largest absolute Gasteiger partial charge is 0.393 e. The third-order valence-electron chi connectivity index (χ3n) is 10.3. The molecule has 0 saturated heterocycles. The van der Waals surface area contributed by atoms with Crippen molar-refractivity contribution in [3.63, 3.8) is 0 Å². The van der Waals surface area contributed by atoms with Crippen LogP contribution in [-0.4, -0.2) is 28.7 Å². The second-order valence-corrected chi connectivity index (χ2v) is 11.3. The fraction of sp³-hybridized carbons (Fsp3) is 0.875. The molecule has 4 aliphatic carbocycles. The molecule has 4 aliphatic rings. The molecule has 0 bridgehead atoms. The summed E-state index contributed by atoms with van der Waals surface area (Å²) in [4.78, 5) is 12.5. The van der Waals surface area contributed by atoms with E-state index >= 15 is 0 Å². The molecule has 152 valence electrons. The van der Waals surface area contributed by atoms with Gasteiger partial charge in [-0.3, -0.25) is 4.79 Å². The highest BCUT2D eigenvalue weighted by molar-refractivity contribution is 5.83. The number of rotatable bonds is 2. The Hall–Kier alpha value is -0.670. The summed E-state index contributed by atoms with van der Waals surface area (Å²) in [5.41, 5.74) is 3.56. The van der Waals surface area contributed by atoms with Crippen LogP contribution < -0.4 is 0 Å². The van der Waals surface area contributed by atoms with Crippen molar-refractivity contribution in [3.05, 3.63) is 11.1 Å². The van der Waals surface area contributed by atoms with Crippen molar-refractivity contribution in [3.8, 4) is 0 Å². The summed E-state index contributed by atoms with van der Waals surface area (Å²) in [6.45, 7) is 11.4. The second kappa shape index (κ2) is 5.92. The summed E-state index contributed by atoms with van der Waals surface area (Å²) in [5, 5.41) is 20.2. The molecule has 6 atom stereocenters. The molecule has 0 aromatic rings. The lowest BCUT2D eigenvalue weighted by Crippen LogP contribution is -2.55. The van der Waals surface area contributed by atoms with E-state index in [2.05, 4.69) is 34.6 Å². The number of hydrogen-bond acceptors (Lipinski definition) is 3. The van der Waals surface area contributed by atoms with Crippen LogP contribution in [0.25, 0.3) is 0 Å². The molecule has 0 amide bonds. The van der Waals surface area contributed by atoms with Crippen molar-refractivity contribution < 1.29 is 15.0 Å². The van der Waals surface area contributed by atoms with Crippen LogP contribution >= 0.6 is 0 Å². The summed E-state index contributed by atoms with van der Waals surface area (Å²) in [6.07, 6.45) is 8.23. The van der Waals surface area contributed by atoms with E-state index in [0.29, 0.717) is 5.92 Å². The minimum absolute atomic E-state index is 0.0108. The van der Waals surface area contributed by atoms with E-state index in [1.54, 1.807) is 11.1 Å². The summed E-state index contributed by atoms with van der Waals surface area (Å²) >= 11 is 0. The molecule has 0 aliphatic heterocycles. The molecule has 3 nitrogen and oxygen atoms in total. The van der Waals surface area contributed by atoms with Crippen molar-refractivity contribution >= 4 is 5.78 Å². The first-order valence-corrected chi connectivity index (χ1v) is 11.1. The zero-order chi connectivity index (χ0) is 19.8. The number of aliphatic hydroxyl groups excluding tert-OH is 2. The van der Waals surface area contributed by atoms with Gasteiger partial charge < -0.3 is 10.2 Å². The van der Waals surface area contributed by atoms with Gasteiger partial charge in [0.2, 0.25) is 0 Å². The van der Waals surface area contributed by atoms with Gasteiger partial charge in [-0.05, 0) is 78.9 Å². The first kappa shape index (κ1) is 19.6. The van der Waals surface area contributed by atoms with Crippen LogP contribution in [-0.2, 0) is 4.79 Å². The number of ketones is 1. The number of carbonyl (C=O) groups is 1. The lowest BCUT2D eigenvalue weighted by atomic mass is 9.43. The molecule has 4 rings (SSSR count). The molecule has 0 aromatic carbocycles. The minimum Gasteiger partial charge on any atom is -0.393 e. The molecule has 27 heavy (non-hydrogen) atoms. The Kier molecular flexibility index (Phi) is 4.31. The van der Waals surface area contributed by atoms with E-state index in [1.165, 1.54) is 0 Å².